The van der Waals surface area contributed by atoms with Crippen LogP contribution in [0.15, 0.2) is 48.5 Å². The zero-order valence-electron chi connectivity index (χ0n) is 11.2. The van der Waals surface area contributed by atoms with E-state index >= 15 is 0 Å². The van der Waals surface area contributed by atoms with Crippen molar-refractivity contribution in [2.45, 2.75) is 6.54 Å². The van der Waals surface area contributed by atoms with Crippen LogP contribution in [0, 0.1) is 0 Å². The molecule has 0 saturated carbocycles. The molecule has 100 valence electrons. The molecule has 2 nitrogen and oxygen atoms in total. The normalized spacial score (nSPS) is 14.8. The summed E-state index contributed by atoms with van der Waals surface area (Å²) in [4.78, 5) is 14.1. The predicted molar refractivity (Wildman–Crippen MR) is 86.9 cm³/mol. The van der Waals surface area contributed by atoms with Gasteiger partial charge in [0, 0.05) is 0 Å². The number of carbonyl (C=O) groups excluding carboxylic acids is 1. The van der Waals surface area contributed by atoms with Crippen molar-refractivity contribution in [3.8, 4) is 0 Å². The van der Waals surface area contributed by atoms with Gasteiger partial charge in [0.05, 0.1) is 12.2 Å². The Morgan fingerprint density at radius 1 is 1.00 bits per heavy atom. The molecule has 0 aromatic heterocycles. The standard InChI is InChI=1S/C17H15NOS/c1-20-17(19)18-12-15-8-3-2-6-13(15)10-11-14-7-4-5-9-16(14)18/h2-11H,12H2,1H3/b11-10-. The van der Waals surface area contributed by atoms with E-state index in [1.54, 1.807) is 0 Å². The molecule has 1 amide bonds. The molecule has 1 aliphatic heterocycles. The first kappa shape index (κ1) is 13.0. The quantitative estimate of drug-likeness (QED) is 0.700. The van der Waals surface area contributed by atoms with Crippen molar-refractivity contribution < 1.29 is 4.79 Å². The van der Waals surface area contributed by atoms with Crippen LogP contribution in [0.2, 0.25) is 0 Å². The lowest BCUT2D eigenvalue weighted by Crippen LogP contribution is -2.28. The van der Waals surface area contributed by atoms with E-state index in [2.05, 4.69) is 24.3 Å². The molecule has 2 aromatic carbocycles. The van der Waals surface area contributed by atoms with Crippen molar-refractivity contribution in [1.82, 2.24) is 0 Å². The number of fused-ring (bicyclic) bond motifs is 2. The fraction of sp³-hybridized carbons (Fsp3) is 0.118. The van der Waals surface area contributed by atoms with Gasteiger partial charge >= 0.3 is 0 Å². The second-order valence-electron chi connectivity index (χ2n) is 4.65. The first-order chi connectivity index (χ1) is 9.79. The summed E-state index contributed by atoms with van der Waals surface area (Å²) in [6, 6.07) is 16.2. The Hall–Kier alpha value is -2.00. The molecule has 0 radical (unpaired) electrons. The highest BCUT2D eigenvalue weighted by Crippen LogP contribution is 2.30. The van der Waals surface area contributed by atoms with Crippen LogP contribution in [-0.4, -0.2) is 11.5 Å². The third kappa shape index (κ3) is 2.37. The fourth-order valence-corrected chi connectivity index (χ4v) is 2.81. The van der Waals surface area contributed by atoms with E-state index in [-0.39, 0.29) is 5.24 Å². The monoisotopic (exact) mass is 281 g/mol. The van der Waals surface area contributed by atoms with E-state index in [0.29, 0.717) is 6.54 Å². The Kier molecular flexibility index (Phi) is 3.61. The average molecular weight is 281 g/mol. The van der Waals surface area contributed by atoms with Crippen LogP contribution in [0.25, 0.3) is 12.2 Å². The van der Waals surface area contributed by atoms with E-state index in [1.807, 2.05) is 47.6 Å². The maximum Gasteiger partial charge on any atom is 0.286 e. The lowest BCUT2D eigenvalue weighted by atomic mass is 10.0. The molecule has 0 aliphatic carbocycles. The third-order valence-electron chi connectivity index (χ3n) is 3.45. The van der Waals surface area contributed by atoms with Crippen molar-refractivity contribution in [2.24, 2.45) is 0 Å². The molecule has 3 heteroatoms. The number of hydrogen-bond acceptors (Lipinski definition) is 2. The summed E-state index contributed by atoms with van der Waals surface area (Å²) in [5.41, 5.74) is 4.38. The molecular weight excluding hydrogens is 266 g/mol. The van der Waals surface area contributed by atoms with Crippen LogP contribution in [0.4, 0.5) is 10.5 Å². The maximum absolute atomic E-state index is 12.3. The third-order valence-corrected chi connectivity index (χ3v) is 4.02. The van der Waals surface area contributed by atoms with E-state index in [9.17, 15) is 4.79 Å². The maximum atomic E-state index is 12.3. The zero-order valence-corrected chi connectivity index (χ0v) is 12.1. The molecule has 0 N–H and O–H groups in total. The summed E-state index contributed by atoms with van der Waals surface area (Å²) in [7, 11) is 0. The number of para-hydroxylation sites is 1. The largest absolute Gasteiger partial charge is 0.298 e. The van der Waals surface area contributed by atoms with Crippen LogP contribution < -0.4 is 4.90 Å². The highest BCUT2D eigenvalue weighted by atomic mass is 32.2. The van der Waals surface area contributed by atoms with E-state index in [1.165, 1.54) is 22.9 Å². The SMILES string of the molecule is CSC(=O)N1Cc2ccccc2/C=C\c2ccccc21. The Morgan fingerprint density at radius 2 is 1.65 bits per heavy atom. The molecule has 0 bridgehead atoms. The number of hydrogen-bond donors (Lipinski definition) is 0. The Labute approximate surface area is 123 Å². The molecule has 2 aromatic rings. The van der Waals surface area contributed by atoms with Gasteiger partial charge in [0.2, 0.25) is 0 Å². The minimum Gasteiger partial charge on any atom is -0.298 e. The van der Waals surface area contributed by atoms with Crippen molar-refractivity contribution in [1.29, 1.82) is 0 Å². The summed E-state index contributed by atoms with van der Waals surface area (Å²) in [6.45, 7) is 0.608. The van der Waals surface area contributed by atoms with Gasteiger partial charge in [-0.2, -0.15) is 0 Å². The summed E-state index contributed by atoms with van der Waals surface area (Å²) in [5.74, 6) is 0. The number of amides is 1. The Bertz CT molecular complexity index is 678. The highest BCUT2D eigenvalue weighted by Gasteiger charge is 2.19. The summed E-state index contributed by atoms with van der Waals surface area (Å²) < 4.78 is 0. The van der Waals surface area contributed by atoms with Crippen molar-refractivity contribution >= 4 is 34.8 Å². The van der Waals surface area contributed by atoms with Gasteiger partial charge in [-0.3, -0.25) is 9.69 Å². The van der Waals surface area contributed by atoms with Crippen LogP contribution >= 0.6 is 11.8 Å². The second-order valence-corrected chi connectivity index (χ2v) is 5.40. The van der Waals surface area contributed by atoms with Crippen molar-refractivity contribution in [3.05, 3.63) is 65.2 Å². The van der Waals surface area contributed by atoms with Gasteiger partial charge in [-0.05, 0) is 29.0 Å². The van der Waals surface area contributed by atoms with E-state index < -0.39 is 0 Å². The minimum absolute atomic E-state index is 0.0718. The first-order valence-electron chi connectivity index (χ1n) is 6.50. The molecular formula is C17H15NOS. The number of anilines is 1. The van der Waals surface area contributed by atoms with Gasteiger partial charge in [0.15, 0.2) is 0 Å². The molecule has 3 rings (SSSR count). The molecule has 20 heavy (non-hydrogen) atoms. The number of carbonyl (C=O) groups is 1. The summed E-state index contributed by atoms with van der Waals surface area (Å²) in [5, 5.41) is 0.0718. The second kappa shape index (κ2) is 5.55. The lowest BCUT2D eigenvalue weighted by molar-refractivity contribution is 0.265. The number of nitrogens with zero attached hydrogens (tertiary/aromatic N) is 1. The molecule has 0 atom stereocenters. The van der Waals surface area contributed by atoms with Gasteiger partial charge in [-0.1, -0.05) is 66.4 Å². The van der Waals surface area contributed by atoms with Gasteiger partial charge in [-0.25, -0.2) is 0 Å². The molecule has 0 saturated heterocycles. The summed E-state index contributed by atoms with van der Waals surface area (Å²) in [6.07, 6.45) is 6.02. The Morgan fingerprint density at radius 3 is 2.45 bits per heavy atom. The topological polar surface area (TPSA) is 20.3 Å². The number of thioether (sulfide) groups is 1. The smallest absolute Gasteiger partial charge is 0.286 e. The molecule has 0 fully saturated rings. The van der Waals surface area contributed by atoms with Crippen LogP contribution in [0.3, 0.4) is 0 Å². The molecule has 0 unspecified atom stereocenters. The van der Waals surface area contributed by atoms with Crippen LogP contribution in [0.1, 0.15) is 16.7 Å². The van der Waals surface area contributed by atoms with Gasteiger partial charge in [0.1, 0.15) is 0 Å². The van der Waals surface area contributed by atoms with Gasteiger partial charge in [0.25, 0.3) is 5.24 Å². The summed E-state index contributed by atoms with van der Waals surface area (Å²) >= 11 is 1.25. The first-order valence-corrected chi connectivity index (χ1v) is 7.72. The van der Waals surface area contributed by atoms with Crippen molar-refractivity contribution in [3.63, 3.8) is 0 Å². The van der Waals surface area contributed by atoms with E-state index in [0.717, 1.165) is 11.3 Å². The highest BCUT2D eigenvalue weighted by molar-refractivity contribution is 8.13. The number of rotatable bonds is 0. The van der Waals surface area contributed by atoms with Gasteiger partial charge < -0.3 is 0 Å². The van der Waals surface area contributed by atoms with E-state index in [4.69, 9.17) is 0 Å². The fourth-order valence-electron chi connectivity index (χ4n) is 2.42. The van der Waals surface area contributed by atoms with Gasteiger partial charge in [-0.15, -0.1) is 0 Å². The van der Waals surface area contributed by atoms with Crippen LogP contribution in [-0.2, 0) is 6.54 Å². The Balaban J connectivity index is 2.17. The van der Waals surface area contributed by atoms with Crippen molar-refractivity contribution in [2.75, 3.05) is 11.2 Å². The number of benzene rings is 2. The lowest BCUT2D eigenvalue weighted by Gasteiger charge is -2.26. The average Bonchev–Trinajstić information content (AvgIpc) is 2.49. The van der Waals surface area contributed by atoms with Crippen LogP contribution in [0.5, 0.6) is 0 Å². The minimum atomic E-state index is 0.0718. The molecule has 1 aliphatic rings. The predicted octanol–water partition coefficient (Wildman–Crippen LogP) is 4.66. The molecule has 0 spiro atoms. The molecule has 1 heterocycles. The zero-order chi connectivity index (χ0) is 13.9.